The Balaban J connectivity index is 2.38. The fourth-order valence-electron chi connectivity index (χ4n) is 1.67. The third kappa shape index (κ3) is 4.10. The van der Waals surface area contributed by atoms with Crippen molar-refractivity contribution in [3.8, 4) is 0 Å². The third-order valence-electron chi connectivity index (χ3n) is 2.99. The minimum absolute atomic E-state index is 0.0607. The molecule has 0 saturated carbocycles. The van der Waals surface area contributed by atoms with Crippen LogP contribution in [0.5, 0.6) is 0 Å². The van der Waals surface area contributed by atoms with E-state index < -0.39 is 17.8 Å². The monoisotopic (exact) mass is 257 g/mol. The molecule has 6 heteroatoms. The lowest BCUT2D eigenvalue weighted by Gasteiger charge is -2.23. The van der Waals surface area contributed by atoms with Crippen LogP contribution in [0.1, 0.15) is 46.0 Å². The fourth-order valence-corrected chi connectivity index (χ4v) is 1.67. The quantitative estimate of drug-likeness (QED) is 0.711. The lowest BCUT2D eigenvalue weighted by molar-refractivity contribution is -0.197. The zero-order valence-electron chi connectivity index (χ0n) is 10.8. The smallest absolute Gasteiger partial charge is 0.333 e. The lowest BCUT2D eigenvalue weighted by Crippen LogP contribution is -2.32. The fraction of sp³-hybridized carbons (Fsp3) is 0.750. The molecule has 2 amide bonds. The van der Waals surface area contributed by atoms with Gasteiger partial charge in [0.1, 0.15) is 0 Å². The van der Waals surface area contributed by atoms with Crippen LogP contribution in [0, 0.1) is 5.41 Å². The average molecular weight is 257 g/mol. The van der Waals surface area contributed by atoms with E-state index in [0.717, 1.165) is 0 Å². The van der Waals surface area contributed by atoms with E-state index in [4.69, 9.17) is 9.94 Å². The SMILES string of the molecule is CC(C)(CCO)CCC(=O)ON1C(=O)CCC1=O. The van der Waals surface area contributed by atoms with E-state index in [2.05, 4.69) is 0 Å². The zero-order valence-corrected chi connectivity index (χ0v) is 10.8. The summed E-state index contributed by atoms with van der Waals surface area (Å²) in [6, 6.07) is 0. The number of carbonyl (C=O) groups is 3. The van der Waals surface area contributed by atoms with Gasteiger partial charge >= 0.3 is 5.97 Å². The summed E-state index contributed by atoms with van der Waals surface area (Å²) in [5.41, 5.74) is -0.174. The van der Waals surface area contributed by atoms with Gasteiger partial charge in [-0.1, -0.05) is 13.8 Å². The van der Waals surface area contributed by atoms with E-state index >= 15 is 0 Å². The van der Waals surface area contributed by atoms with E-state index in [-0.39, 0.29) is 31.3 Å². The molecule has 0 atom stereocenters. The number of hydroxylamine groups is 2. The molecule has 0 unspecified atom stereocenters. The summed E-state index contributed by atoms with van der Waals surface area (Å²) in [5, 5.41) is 9.41. The highest BCUT2D eigenvalue weighted by Gasteiger charge is 2.33. The van der Waals surface area contributed by atoms with E-state index in [9.17, 15) is 14.4 Å². The maximum absolute atomic E-state index is 11.5. The number of nitrogens with zero attached hydrogens (tertiary/aromatic N) is 1. The van der Waals surface area contributed by atoms with Crippen LogP contribution < -0.4 is 0 Å². The molecule has 1 N–H and O–H groups in total. The van der Waals surface area contributed by atoms with Gasteiger partial charge in [0.15, 0.2) is 0 Å². The maximum atomic E-state index is 11.5. The number of hydrogen-bond acceptors (Lipinski definition) is 5. The predicted octanol–water partition coefficient (Wildman–Crippen LogP) is 0.782. The van der Waals surface area contributed by atoms with Crippen LogP contribution in [-0.4, -0.2) is 34.6 Å². The maximum Gasteiger partial charge on any atom is 0.333 e. The van der Waals surface area contributed by atoms with Crippen LogP contribution in [0.4, 0.5) is 0 Å². The van der Waals surface area contributed by atoms with Crippen LogP contribution in [0.2, 0.25) is 0 Å². The second-order valence-corrected chi connectivity index (χ2v) is 5.18. The van der Waals surface area contributed by atoms with Crippen molar-refractivity contribution >= 4 is 17.8 Å². The Morgan fingerprint density at radius 1 is 1.28 bits per heavy atom. The van der Waals surface area contributed by atoms with Crippen LogP contribution in [0.3, 0.4) is 0 Å². The minimum atomic E-state index is -0.593. The topological polar surface area (TPSA) is 83.9 Å². The van der Waals surface area contributed by atoms with Crippen molar-refractivity contribution in [1.29, 1.82) is 0 Å². The Hall–Kier alpha value is -1.43. The van der Waals surface area contributed by atoms with E-state index in [1.54, 1.807) is 0 Å². The lowest BCUT2D eigenvalue weighted by atomic mass is 9.85. The van der Waals surface area contributed by atoms with Crippen LogP contribution in [0.15, 0.2) is 0 Å². The molecule has 0 spiro atoms. The molecule has 0 aromatic rings. The molecule has 0 aliphatic carbocycles. The molecule has 1 saturated heterocycles. The number of aliphatic hydroxyl groups excluding tert-OH is 1. The highest BCUT2D eigenvalue weighted by molar-refractivity contribution is 6.01. The third-order valence-corrected chi connectivity index (χ3v) is 2.99. The Bertz CT molecular complexity index is 334. The van der Waals surface area contributed by atoms with Crippen LogP contribution >= 0.6 is 0 Å². The number of hydrogen-bond donors (Lipinski definition) is 1. The highest BCUT2D eigenvalue weighted by atomic mass is 16.7. The van der Waals surface area contributed by atoms with Gasteiger partial charge in [-0.25, -0.2) is 4.79 Å². The van der Waals surface area contributed by atoms with Crippen LogP contribution in [0.25, 0.3) is 0 Å². The normalized spacial score (nSPS) is 16.3. The molecule has 0 aromatic carbocycles. The summed E-state index contributed by atoms with van der Waals surface area (Å²) in [4.78, 5) is 38.7. The van der Waals surface area contributed by atoms with Crippen molar-refractivity contribution in [2.45, 2.75) is 46.0 Å². The van der Waals surface area contributed by atoms with Crippen molar-refractivity contribution in [3.05, 3.63) is 0 Å². The van der Waals surface area contributed by atoms with Gasteiger partial charge in [-0.3, -0.25) is 9.59 Å². The highest BCUT2D eigenvalue weighted by Crippen LogP contribution is 2.26. The van der Waals surface area contributed by atoms with Crippen LogP contribution in [-0.2, 0) is 19.2 Å². The Morgan fingerprint density at radius 2 is 1.83 bits per heavy atom. The molecule has 1 fully saturated rings. The standard InChI is InChI=1S/C12H19NO5/c1-12(2,7-8-14)6-5-11(17)18-13-9(15)3-4-10(13)16/h14H,3-8H2,1-2H3. The first-order chi connectivity index (χ1) is 8.35. The first-order valence-electron chi connectivity index (χ1n) is 6.03. The minimum Gasteiger partial charge on any atom is -0.396 e. The number of imide groups is 1. The van der Waals surface area contributed by atoms with Gasteiger partial charge in [0.2, 0.25) is 0 Å². The Kier molecular flexibility index (Phi) is 4.84. The van der Waals surface area contributed by atoms with Gasteiger partial charge in [-0.15, -0.1) is 5.06 Å². The number of aliphatic hydroxyl groups is 1. The van der Waals surface area contributed by atoms with Gasteiger partial charge in [0.05, 0.1) is 0 Å². The molecule has 1 aliphatic rings. The molecule has 6 nitrogen and oxygen atoms in total. The average Bonchev–Trinajstić information content (AvgIpc) is 2.58. The van der Waals surface area contributed by atoms with Gasteiger partial charge in [-0.2, -0.15) is 0 Å². The van der Waals surface area contributed by atoms with Crippen molar-refractivity contribution in [3.63, 3.8) is 0 Å². The molecule has 102 valence electrons. The summed E-state index contributed by atoms with van der Waals surface area (Å²) in [7, 11) is 0. The number of rotatable bonds is 6. The zero-order chi connectivity index (χ0) is 13.8. The van der Waals surface area contributed by atoms with Gasteiger partial charge < -0.3 is 9.94 Å². The summed E-state index contributed by atoms with van der Waals surface area (Å²) in [5.74, 6) is -1.53. The molecule has 18 heavy (non-hydrogen) atoms. The molecule has 1 aliphatic heterocycles. The molecule has 0 aromatic heterocycles. The summed E-state index contributed by atoms with van der Waals surface area (Å²) < 4.78 is 0. The summed E-state index contributed by atoms with van der Waals surface area (Å²) in [6.07, 6.45) is 1.43. The second kappa shape index (κ2) is 5.95. The van der Waals surface area contributed by atoms with Gasteiger partial charge in [0.25, 0.3) is 11.8 Å². The van der Waals surface area contributed by atoms with E-state index in [0.29, 0.717) is 17.9 Å². The summed E-state index contributed by atoms with van der Waals surface area (Å²) >= 11 is 0. The van der Waals surface area contributed by atoms with Crippen molar-refractivity contribution in [2.24, 2.45) is 5.41 Å². The first-order valence-corrected chi connectivity index (χ1v) is 6.03. The molecule has 0 radical (unpaired) electrons. The van der Waals surface area contributed by atoms with Crippen molar-refractivity contribution in [1.82, 2.24) is 5.06 Å². The molecule has 1 heterocycles. The molecule has 1 rings (SSSR count). The first kappa shape index (κ1) is 14.6. The van der Waals surface area contributed by atoms with Gasteiger partial charge in [-0.05, 0) is 18.3 Å². The Morgan fingerprint density at radius 3 is 2.33 bits per heavy atom. The van der Waals surface area contributed by atoms with Crippen molar-refractivity contribution in [2.75, 3.05) is 6.61 Å². The van der Waals surface area contributed by atoms with Gasteiger partial charge in [0, 0.05) is 25.9 Å². The molecular weight excluding hydrogens is 238 g/mol. The van der Waals surface area contributed by atoms with Crippen molar-refractivity contribution < 1.29 is 24.3 Å². The largest absolute Gasteiger partial charge is 0.396 e. The number of amides is 2. The summed E-state index contributed by atoms with van der Waals surface area (Å²) in [6.45, 7) is 3.93. The predicted molar refractivity (Wildman–Crippen MR) is 61.9 cm³/mol. The Labute approximate surface area is 106 Å². The molecule has 0 bridgehead atoms. The van der Waals surface area contributed by atoms with E-state index in [1.807, 2.05) is 13.8 Å². The number of carbonyl (C=O) groups excluding carboxylic acids is 3. The second-order valence-electron chi connectivity index (χ2n) is 5.18. The molecular formula is C12H19NO5. The van der Waals surface area contributed by atoms with E-state index in [1.165, 1.54) is 0 Å².